The molecule has 5 nitrogen and oxygen atoms in total. The third-order valence-electron chi connectivity index (χ3n) is 4.82. The van der Waals surface area contributed by atoms with Crippen molar-refractivity contribution in [3.63, 3.8) is 0 Å². The molecule has 1 amide bonds. The number of carbonyl (C=O) groups excluding carboxylic acids is 1. The summed E-state index contributed by atoms with van der Waals surface area (Å²) in [6.45, 7) is 2.26. The van der Waals surface area contributed by atoms with Gasteiger partial charge in [0.25, 0.3) is 0 Å². The molecule has 3 heterocycles. The molecule has 1 unspecified atom stereocenters. The molecule has 0 aliphatic rings. The second kappa shape index (κ2) is 7.68. The number of amides is 1. The molecule has 6 heteroatoms. The zero-order valence-corrected chi connectivity index (χ0v) is 15.4. The number of aryl methyl sites for hydroxylation is 1. The predicted molar refractivity (Wildman–Crippen MR) is 103 cm³/mol. The quantitative estimate of drug-likeness (QED) is 0.547. The average Bonchev–Trinajstić information content (AvgIpc) is 3.36. The fourth-order valence-electron chi connectivity index (χ4n) is 3.46. The summed E-state index contributed by atoms with van der Waals surface area (Å²) in [6.07, 6.45) is 3.38. The summed E-state index contributed by atoms with van der Waals surface area (Å²) in [5, 5.41) is 2.84. The third-order valence-corrected chi connectivity index (χ3v) is 4.82. The van der Waals surface area contributed by atoms with Gasteiger partial charge in [-0.2, -0.15) is 0 Å². The van der Waals surface area contributed by atoms with Crippen molar-refractivity contribution in [3.8, 4) is 0 Å². The summed E-state index contributed by atoms with van der Waals surface area (Å²) in [5.74, 6) is -0.321. The van der Waals surface area contributed by atoms with E-state index in [-0.39, 0.29) is 18.1 Å². The fourth-order valence-corrected chi connectivity index (χ4v) is 3.46. The summed E-state index contributed by atoms with van der Waals surface area (Å²) in [7, 11) is 0. The van der Waals surface area contributed by atoms with E-state index in [0.717, 1.165) is 17.0 Å². The number of nitrogens with zero attached hydrogens (tertiary/aromatic N) is 2. The molecule has 0 saturated heterocycles. The minimum Gasteiger partial charge on any atom is -0.467 e. The highest BCUT2D eigenvalue weighted by molar-refractivity contribution is 5.77. The molecular formula is C22H20FN3O2. The van der Waals surface area contributed by atoms with E-state index in [1.165, 1.54) is 6.07 Å². The first kappa shape index (κ1) is 18.0. The van der Waals surface area contributed by atoms with Gasteiger partial charge in [0.15, 0.2) is 0 Å². The average molecular weight is 377 g/mol. The first-order valence-corrected chi connectivity index (χ1v) is 9.10. The van der Waals surface area contributed by atoms with Crippen LogP contribution in [0.25, 0.3) is 5.65 Å². The Morgan fingerprint density at radius 2 is 2.04 bits per heavy atom. The lowest BCUT2D eigenvalue weighted by Gasteiger charge is -2.18. The van der Waals surface area contributed by atoms with Crippen molar-refractivity contribution in [3.05, 3.63) is 95.6 Å². The van der Waals surface area contributed by atoms with Gasteiger partial charge in [0.1, 0.15) is 17.2 Å². The van der Waals surface area contributed by atoms with Crippen LogP contribution in [-0.2, 0) is 11.3 Å². The lowest BCUT2D eigenvalue weighted by Crippen LogP contribution is -2.25. The monoisotopic (exact) mass is 377 g/mol. The Morgan fingerprint density at radius 3 is 2.82 bits per heavy atom. The van der Waals surface area contributed by atoms with Crippen molar-refractivity contribution in [2.45, 2.75) is 25.8 Å². The van der Waals surface area contributed by atoms with E-state index in [4.69, 9.17) is 4.42 Å². The zero-order chi connectivity index (χ0) is 19.5. The molecule has 1 aromatic carbocycles. The minimum absolute atomic E-state index is 0.101. The van der Waals surface area contributed by atoms with Crippen LogP contribution in [0.15, 0.2) is 71.5 Å². The number of fused-ring (bicyclic) bond motifs is 1. The van der Waals surface area contributed by atoms with Crippen LogP contribution >= 0.6 is 0 Å². The Morgan fingerprint density at radius 1 is 1.18 bits per heavy atom. The molecule has 4 rings (SSSR count). The van der Waals surface area contributed by atoms with Gasteiger partial charge in [0.2, 0.25) is 5.91 Å². The SMILES string of the molecule is Cc1cccc2ncc(C(CC(=O)NCc3ccco3)c3ccccc3F)n12. The molecule has 142 valence electrons. The second-order valence-corrected chi connectivity index (χ2v) is 6.68. The normalized spacial score (nSPS) is 12.2. The number of aromatic nitrogens is 2. The number of furan rings is 1. The molecule has 0 fully saturated rings. The molecule has 1 atom stereocenters. The molecule has 1 N–H and O–H groups in total. The topological polar surface area (TPSA) is 59.5 Å². The van der Waals surface area contributed by atoms with Crippen molar-refractivity contribution < 1.29 is 13.6 Å². The number of rotatable bonds is 6. The van der Waals surface area contributed by atoms with Gasteiger partial charge >= 0.3 is 0 Å². The Labute approximate surface area is 161 Å². The number of halogens is 1. The van der Waals surface area contributed by atoms with Gasteiger partial charge in [-0.1, -0.05) is 24.3 Å². The number of imidazole rings is 1. The van der Waals surface area contributed by atoms with Gasteiger partial charge in [-0.3, -0.25) is 4.79 Å². The van der Waals surface area contributed by atoms with Crippen LogP contribution < -0.4 is 5.32 Å². The second-order valence-electron chi connectivity index (χ2n) is 6.68. The molecule has 3 aromatic heterocycles. The van der Waals surface area contributed by atoms with Gasteiger partial charge in [-0.05, 0) is 42.8 Å². The Kier molecular flexibility index (Phi) is 4.93. The van der Waals surface area contributed by atoms with Gasteiger partial charge in [0.05, 0.1) is 18.5 Å². The van der Waals surface area contributed by atoms with Gasteiger partial charge in [0, 0.05) is 24.2 Å². The van der Waals surface area contributed by atoms with E-state index in [1.807, 2.05) is 29.5 Å². The first-order valence-electron chi connectivity index (χ1n) is 9.10. The van der Waals surface area contributed by atoms with Crippen LogP contribution in [0.5, 0.6) is 0 Å². The smallest absolute Gasteiger partial charge is 0.221 e. The number of hydrogen-bond acceptors (Lipinski definition) is 3. The molecule has 0 radical (unpaired) electrons. The summed E-state index contributed by atoms with van der Waals surface area (Å²) < 4.78 is 21.8. The van der Waals surface area contributed by atoms with Crippen LogP contribution in [-0.4, -0.2) is 15.3 Å². The molecule has 28 heavy (non-hydrogen) atoms. The lowest BCUT2D eigenvalue weighted by molar-refractivity contribution is -0.121. The van der Waals surface area contributed by atoms with Crippen molar-refractivity contribution in [1.82, 2.24) is 14.7 Å². The molecule has 0 spiro atoms. The highest BCUT2D eigenvalue weighted by Crippen LogP contribution is 2.31. The molecule has 0 aliphatic heterocycles. The highest BCUT2D eigenvalue weighted by Gasteiger charge is 2.24. The van der Waals surface area contributed by atoms with Crippen molar-refractivity contribution in [2.75, 3.05) is 0 Å². The maximum atomic E-state index is 14.6. The molecule has 0 aliphatic carbocycles. The Balaban J connectivity index is 1.68. The van der Waals surface area contributed by atoms with Gasteiger partial charge in [-0.15, -0.1) is 0 Å². The van der Waals surface area contributed by atoms with Crippen molar-refractivity contribution in [1.29, 1.82) is 0 Å². The number of nitrogens with one attached hydrogen (secondary N) is 1. The van der Waals surface area contributed by atoms with Crippen LogP contribution in [0.1, 0.15) is 35.1 Å². The van der Waals surface area contributed by atoms with Crippen LogP contribution in [0.4, 0.5) is 4.39 Å². The molecule has 0 bridgehead atoms. The first-order chi connectivity index (χ1) is 13.6. The number of hydrogen-bond donors (Lipinski definition) is 1. The van der Waals surface area contributed by atoms with Crippen molar-refractivity contribution in [2.24, 2.45) is 0 Å². The lowest BCUT2D eigenvalue weighted by atomic mass is 9.91. The molecular weight excluding hydrogens is 357 g/mol. The largest absolute Gasteiger partial charge is 0.467 e. The number of benzene rings is 1. The zero-order valence-electron chi connectivity index (χ0n) is 15.4. The maximum Gasteiger partial charge on any atom is 0.221 e. The van der Waals surface area contributed by atoms with Crippen LogP contribution in [0.2, 0.25) is 0 Å². The van der Waals surface area contributed by atoms with Gasteiger partial charge in [-0.25, -0.2) is 9.37 Å². The summed E-state index contributed by atoms with van der Waals surface area (Å²) in [6, 6.07) is 15.9. The van der Waals surface area contributed by atoms with E-state index in [0.29, 0.717) is 17.9 Å². The van der Waals surface area contributed by atoms with E-state index >= 15 is 0 Å². The molecule has 4 aromatic rings. The summed E-state index contributed by atoms with van der Waals surface area (Å²) in [4.78, 5) is 17.1. The van der Waals surface area contributed by atoms with Crippen LogP contribution in [0.3, 0.4) is 0 Å². The Bertz CT molecular complexity index is 1100. The summed E-state index contributed by atoms with van der Waals surface area (Å²) >= 11 is 0. The predicted octanol–water partition coefficient (Wildman–Crippen LogP) is 4.21. The third kappa shape index (κ3) is 3.53. The molecule has 0 saturated carbocycles. The number of carbonyl (C=O) groups is 1. The van der Waals surface area contributed by atoms with E-state index < -0.39 is 5.92 Å². The van der Waals surface area contributed by atoms with E-state index in [9.17, 15) is 9.18 Å². The van der Waals surface area contributed by atoms with Gasteiger partial charge < -0.3 is 14.1 Å². The minimum atomic E-state index is -0.464. The standard InChI is InChI=1S/C22H20FN3O2/c1-15-6-4-10-21-24-14-20(26(15)21)18(17-8-2-3-9-19(17)23)12-22(27)25-13-16-7-5-11-28-16/h2-11,14,18H,12-13H2,1H3,(H,25,27). The van der Waals surface area contributed by atoms with Crippen LogP contribution in [0, 0.1) is 12.7 Å². The van der Waals surface area contributed by atoms with E-state index in [2.05, 4.69) is 10.3 Å². The maximum absolute atomic E-state index is 14.6. The number of pyridine rings is 1. The highest BCUT2D eigenvalue weighted by atomic mass is 19.1. The Hall–Kier alpha value is -3.41. The van der Waals surface area contributed by atoms with Crippen molar-refractivity contribution >= 4 is 11.6 Å². The fraction of sp³-hybridized carbons (Fsp3) is 0.182. The van der Waals surface area contributed by atoms with E-state index in [1.54, 1.807) is 42.8 Å². The summed E-state index contributed by atoms with van der Waals surface area (Å²) in [5.41, 5.74) is 3.00.